The molecule has 2 heterocycles. The lowest BCUT2D eigenvalue weighted by atomic mass is 10.4. The zero-order valence-electron chi connectivity index (χ0n) is 6.76. The van der Waals surface area contributed by atoms with E-state index in [1.807, 2.05) is 6.07 Å². The van der Waals surface area contributed by atoms with Crippen molar-refractivity contribution in [2.24, 2.45) is 0 Å². The first-order chi connectivity index (χ1) is 6.40. The molecule has 0 amide bonds. The van der Waals surface area contributed by atoms with Crippen LogP contribution in [0.2, 0.25) is 0 Å². The van der Waals surface area contributed by atoms with Gasteiger partial charge in [0.2, 0.25) is 5.95 Å². The summed E-state index contributed by atoms with van der Waals surface area (Å²) in [5.74, 6) is 0.984. The Morgan fingerprint density at radius 3 is 2.62 bits per heavy atom. The van der Waals surface area contributed by atoms with E-state index in [-0.39, 0.29) is 0 Å². The van der Waals surface area contributed by atoms with Crippen LogP contribution >= 0.6 is 11.6 Å². The van der Waals surface area contributed by atoms with E-state index in [2.05, 4.69) is 15.1 Å². The minimum atomic E-state index is 0.430. The molecule has 0 radical (unpaired) electrons. The molecule has 0 aromatic carbocycles. The fourth-order valence-corrected chi connectivity index (χ4v) is 1.06. The normalized spacial score (nSPS) is 10.2. The summed E-state index contributed by atoms with van der Waals surface area (Å²) in [6, 6.07) is 1.82. The van der Waals surface area contributed by atoms with Gasteiger partial charge >= 0.3 is 0 Å². The van der Waals surface area contributed by atoms with E-state index < -0.39 is 0 Å². The van der Waals surface area contributed by atoms with Gasteiger partial charge in [0.25, 0.3) is 0 Å². The van der Waals surface area contributed by atoms with Gasteiger partial charge in [0.15, 0.2) is 0 Å². The van der Waals surface area contributed by atoms with Crippen molar-refractivity contribution in [3.8, 4) is 5.95 Å². The third-order valence-electron chi connectivity index (χ3n) is 1.56. The van der Waals surface area contributed by atoms with E-state index in [0.29, 0.717) is 11.8 Å². The summed E-state index contributed by atoms with van der Waals surface area (Å²) in [6.45, 7) is 0. The van der Waals surface area contributed by atoms with Crippen molar-refractivity contribution in [1.29, 1.82) is 0 Å². The number of rotatable bonds is 2. The first-order valence-electron chi connectivity index (χ1n) is 3.77. The first-order valence-corrected chi connectivity index (χ1v) is 4.30. The molecule has 0 saturated carbocycles. The third kappa shape index (κ3) is 1.67. The van der Waals surface area contributed by atoms with Gasteiger partial charge in [-0.05, 0) is 6.07 Å². The Labute approximate surface area is 80.2 Å². The highest BCUT2D eigenvalue weighted by Crippen LogP contribution is 2.02. The standard InChI is InChI=1S/C8H7ClN4/c9-4-7-5-10-8(11-6-7)13-3-1-2-12-13/h1-3,5-6H,4H2. The number of alkyl halides is 1. The molecule has 0 spiro atoms. The van der Waals surface area contributed by atoms with Gasteiger partial charge in [-0.25, -0.2) is 14.6 Å². The highest BCUT2D eigenvalue weighted by molar-refractivity contribution is 6.17. The molecule has 0 N–H and O–H groups in total. The quantitative estimate of drug-likeness (QED) is 0.679. The van der Waals surface area contributed by atoms with Gasteiger partial charge in [-0.3, -0.25) is 0 Å². The minimum Gasteiger partial charge on any atom is -0.219 e. The molecule has 0 atom stereocenters. The molecule has 0 fully saturated rings. The average molecular weight is 195 g/mol. The van der Waals surface area contributed by atoms with Gasteiger partial charge in [0.05, 0.1) is 5.88 Å². The molecule has 2 aromatic heterocycles. The first kappa shape index (κ1) is 8.19. The van der Waals surface area contributed by atoms with E-state index in [9.17, 15) is 0 Å². The Morgan fingerprint density at radius 2 is 2.08 bits per heavy atom. The second kappa shape index (κ2) is 3.53. The Morgan fingerprint density at radius 1 is 1.31 bits per heavy atom. The zero-order valence-corrected chi connectivity index (χ0v) is 7.52. The molecule has 2 rings (SSSR count). The summed E-state index contributed by atoms with van der Waals surface area (Å²) < 4.78 is 1.60. The molecule has 5 heteroatoms. The molecule has 0 aliphatic carbocycles. The number of halogens is 1. The van der Waals surface area contributed by atoms with Crippen molar-refractivity contribution < 1.29 is 0 Å². The lowest BCUT2D eigenvalue weighted by Crippen LogP contribution is -2.01. The van der Waals surface area contributed by atoms with Crippen molar-refractivity contribution in [3.05, 3.63) is 36.4 Å². The van der Waals surface area contributed by atoms with Crippen LogP contribution in [0.1, 0.15) is 5.56 Å². The Balaban J connectivity index is 2.33. The lowest BCUT2D eigenvalue weighted by Gasteiger charge is -1.98. The summed E-state index contributed by atoms with van der Waals surface area (Å²) in [7, 11) is 0. The van der Waals surface area contributed by atoms with Crippen molar-refractivity contribution in [3.63, 3.8) is 0 Å². The summed E-state index contributed by atoms with van der Waals surface area (Å²) in [5, 5.41) is 4.00. The monoisotopic (exact) mass is 194 g/mol. The van der Waals surface area contributed by atoms with Crippen LogP contribution < -0.4 is 0 Å². The Bertz CT molecular complexity index is 368. The fourth-order valence-electron chi connectivity index (χ4n) is 0.922. The number of nitrogens with zero attached hydrogens (tertiary/aromatic N) is 4. The predicted molar refractivity (Wildman–Crippen MR) is 48.7 cm³/mol. The van der Waals surface area contributed by atoms with Crippen LogP contribution in [0.4, 0.5) is 0 Å². The summed E-state index contributed by atoms with van der Waals surface area (Å²) in [6.07, 6.45) is 6.85. The second-order valence-corrected chi connectivity index (χ2v) is 2.74. The van der Waals surface area contributed by atoms with E-state index in [1.165, 1.54) is 0 Å². The maximum Gasteiger partial charge on any atom is 0.250 e. The number of aromatic nitrogens is 4. The maximum atomic E-state index is 5.60. The Kier molecular flexibility index (Phi) is 2.23. The number of hydrogen-bond acceptors (Lipinski definition) is 3. The number of hydrogen-bond donors (Lipinski definition) is 0. The molecule has 2 aromatic rings. The van der Waals surface area contributed by atoms with E-state index in [1.54, 1.807) is 29.5 Å². The highest BCUT2D eigenvalue weighted by Gasteiger charge is 1.98. The van der Waals surface area contributed by atoms with Crippen molar-refractivity contribution >= 4 is 11.6 Å². The molecule has 0 aliphatic rings. The maximum absolute atomic E-state index is 5.60. The van der Waals surface area contributed by atoms with E-state index >= 15 is 0 Å². The topological polar surface area (TPSA) is 43.6 Å². The predicted octanol–water partition coefficient (Wildman–Crippen LogP) is 1.40. The van der Waals surface area contributed by atoms with Gasteiger partial charge in [0.1, 0.15) is 0 Å². The van der Waals surface area contributed by atoms with Crippen LogP contribution in [0.15, 0.2) is 30.9 Å². The van der Waals surface area contributed by atoms with Crippen LogP contribution in [0, 0.1) is 0 Å². The van der Waals surface area contributed by atoms with Crippen LogP contribution in [-0.4, -0.2) is 19.7 Å². The van der Waals surface area contributed by atoms with Crippen molar-refractivity contribution in [2.75, 3.05) is 0 Å². The molecular weight excluding hydrogens is 188 g/mol. The largest absolute Gasteiger partial charge is 0.250 e. The fraction of sp³-hybridized carbons (Fsp3) is 0.125. The van der Waals surface area contributed by atoms with Crippen LogP contribution in [0.3, 0.4) is 0 Å². The van der Waals surface area contributed by atoms with Gasteiger partial charge in [-0.1, -0.05) is 0 Å². The zero-order chi connectivity index (χ0) is 9.10. The van der Waals surface area contributed by atoms with Crippen molar-refractivity contribution in [2.45, 2.75) is 5.88 Å². The van der Waals surface area contributed by atoms with E-state index in [0.717, 1.165) is 5.56 Å². The second-order valence-electron chi connectivity index (χ2n) is 2.48. The van der Waals surface area contributed by atoms with Crippen LogP contribution in [0.25, 0.3) is 5.95 Å². The van der Waals surface area contributed by atoms with E-state index in [4.69, 9.17) is 11.6 Å². The SMILES string of the molecule is ClCc1cnc(-n2cccn2)nc1. The molecule has 66 valence electrons. The summed E-state index contributed by atoms with van der Waals surface area (Å²) in [4.78, 5) is 8.19. The average Bonchev–Trinajstić information content (AvgIpc) is 2.71. The van der Waals surface area contributed by atoms with Gasteiger partial charge in [0, 0.05) is 30.4 Å². The van der Waals surface area contributed by atoms with Crippen molar-refractivity contribution in [1.82, 2.24) is 19.7 Å². The van der Waals surface area contributed by atoms with Crippen LogP contribution in [-0.2, 0) is 5.88 Å². The molecule has 0 saturated heterocycles. The molecular formula is C8H7ClN4. The van der Waals surface area contributed by atoms with Crippen LogP contribution in [0.5, 0.6) is 0 Å². The Hall–Kier alpha value is -1.42. The molecule has 0 bridgehead atoms. The smallest absolute Gasteiger partial charge is 0.219 e. The summed E-state index contributed by atoms with van der Waals surface area (Å²) in [5.41, 5.74) is 0.901. The molecule has 4 nitrogen and oxygen atoms in total. The summed E-state index contributed by atoms with van der Waals surface area (Å²) >= 11 is 5.60. The van der Waals surface area contributed by atoms with Gasteiger partial charge in [-0.15, -0.1) is 11.6 Å². The highest BCUT2D eigenvalue weighted by atomic mass is 35.5. The van der Waals surface area contributed by atoms with Gasteiger partial charge in [-0.2, -0.15) is 5.10 Å². The van der Waals surface area contributed by atoms with Gasteiger partial charge < -0.3 is 0 Å². The molecule has 13 heavy (non-hydrogen) atoms. The molecule has 0 unspecified atom stereocenters. The lowest BCUT2D eigenvalue weighted by molar-refractivity contribution is 0.804. The third-order valence-corrected chi connectivity index (χ3v) is 1.86. The molecule has 0 aliphatic heterocycles. The minimum absolute atomic E-state index is 0.430.